The van der Waals surface area contributed by atoms with Gasteiger partial charge in [-0.2, -0.15) is 0 Å². The summed E-state index contributed by atoms with van der Waals surface area (Å²) in [6, 6.07) is 11.1. The number of rotatable bonds is 7. The van der Waals surface area contributed by atoms with Gasteiger partial charge in [0.2, 0.25) is 0 Å². The molecule has 1 aromatic carbocycles. The van der Waals surface area contributed by atoms with Gasteiger partial charge < -0.3 is 10.1 Å². The van der Waals surface area contributed by atoms with Gasteiger partial charge in [-0.3, -0.25) is 4.21 Å². The maximum atomic E-state index is 12.6. The lowest BCUT2D eigenvalue weighted by Crippen LogP contribution is -2.45. The normalized spacial score (nSPS) is 27.4. The Morgan fingerprint density at radius 3 is 2.71 bits per heavy atom. The van der Waals surface area contributed by atoms with Crippen molar-refractivity contribution in [2.24, 2.45) is 0 Å². The van der Waals surface area contributed by atoms with Crippen LogP contribution in [0, 0.1) is 0 Å². The zero-order chi connectivity index (χ0) is 15.1. The minimum absolute atomic E-state index is 0.255. The summed E-state index contributed by atoms with van der Waals surface area (Å²) < 4.78 is 17.7. The molecule has 4 unspecified atom stereocenters. The summed E-state index contributed by atoms with van der Waals surface area (Å²) in [6.45, 7) is 0.699. The Bertz CT molecular complexity index is 438. The maximum Gasteiger partial charge on any atom is 0.0506 e. The Hall–Kier alpha value is -0.710. The van der Waals surface area contributed by atoms with Crippen LogP contribution in [0.4, 0.5) is 0 Å². The topological polar surface area (TPSA) is 38.3 Å². The van der Waals surface area contributed by atoms with Crippen LogP contribution in [0.1, 0.15) is 37.2 Å². The van der Waals surface area contributed by atoms with Gasteiger partial charge in [0.1, 0.15) is 0 Å². The highest BCUT2D eigenvalue weighted by atomic mass is 32.2. The van der Waals surface area contributed by atoms with Crippen LogP contribution in [0.25, 0.3) is 0 Å². The number of ether oxygens (including phenoxy) is 1. The van der Waals surface area contributed by atoms with Gasteiger partial charge >= 0.3 is 0 Å². The SMILES string of the molecule is CNC1CCC(c2ccccc2)CC1S(=O)CCCOC. The highest BCUT2D eigenvalue weighted by Gasteiger charge is 2.33. The lowest BCUT2D eigenvalue weighted by atomic mass is 9.81. The summed E-state index contributed by atoms with van der Waals surface area (Å²) in [7, 11) is 2.92. The molecule has 1 fully saturated rings. The number of benzene rings is 1. The van der Waals surface area contributed by atoms with Gasteiger partial charge in [-0.15, -0.1) is 0 Å². The molecule has 0 bridgehead atoms. The predicted molar refractivity (Wildman–Crippen MR) is 89.2 cm³/mol. The largest absolute Gasteiger partial charge is 0.385 e. The smallest absolute Gasteiger partial charge is 0.0506 e. The molecule has 1 aliphatic rings. The van der Waals surface area contributed by atoms with E-state index in [9.17, 15) is 4.21 Å². The highest BCUT2D eigenvalue weighted by Crippen LogP contribution is 2.35. The minimum atomic E-state index is -0.775. The molecule has 0 heterocycles. The molecular weight excluding hydrogens is 282 g/mol. The molecule has 0 amide bonds. The second-order valence-corrected chi connectivity index (χ2v) is 7.56. The monoisotopic (exact) mass is 309 g/mol. The van der Waals surface area contributed by atoms with Gasteiger partial charge in [-0.05, 0) is 44.2 Å². The summed E-state index contributed by atoms with van der Waals surface area (Å²) in [5.74, 6) is 1.30. The Morgan fingerprint density at radius 1 is 1.29 bits per heavy atom. The molecule has 118 valence electrons. The zero-order valence-corrected chi connectivity index (χ0v) is 13.9. The van der Waals surface area contributed by atoms with Crippen molar-refractivity contribution in [2.75, 3.05) is 26.5 Å². The molecule has 0 aliphatic heterocycles. The minimum Gasteiger partial charge on any atom is -0.385 e. The molecule has 1 saturated carbocycles. The van der Waals surface area contributed by atoms with E-state index in [1.807, 2.05) is 7.05 Å². The van der Waals surface area contributed by atoms with Gasteiger partial charge in [0, 0.05) is 36.3 Å². The van der Waals surface area contributed by atoms with Gasteiger partial charge in [0.05, 0.1) is 5.25 Å². The van der Waals surface area contributed by atoms with Crippen LogP contribution in [0.2, 0.25) is 0 Å². The number of nitrogens with one attached hydrogen (secondary N) is 1. The first kappa shape index (κ1) is 16.7. The average molecular weight is 309 g/mol. The summed E-state index contributed by atoms with van der Waals surface area (Å²) in [6.07, 6.45) is 4.19. The third-order valence-electron chi connectivity index (χ3n) is 4.47. The van der Waals surface area contributed by atoms with Crippen LogP contribution < -0.4 is 5.32 Å². The van der Waals surface area contributed by atoms with Crippen molar-refractivity contribution in [2.45, 2.75) is 42.9 Å². The van der Waals surface area contributed by atoms with Crippen LogP contribution in [-0.2, 0) is 15.5 Å². The van der Waals surface area contributed by atoms with Gasteiger partial charge in [0.25, 0.3) is 0 Å². The molecule has 1 aliphatic carbocycles. The first-order chi connectivity index (χ1) is 10.3. The molecule has 0 spiro atoms. The summed E-state index contributed by atoms with van der Waals surface area (Å²) in [5.41, 5.74) is 1.39. The molecule has 0 radical (unpaired) electrons. The van der Waals surface area contributed by atoms with E-state index in [0.717, 1.165) is 25.0 Å². The molecule has 1 aromatic rings. The first-order valence-electron chi connectivity index (χ1n) is 7.84. The van der Waals surface area contributed by atoms with E-state index in [1.165, 1.54) is 12.0 Å². The summed E-state index contributed by atoms with van der Waals surface area (Å²) in [5, 5.41) is 3.63. The van der Waals surface area contributed by atoms with Crippen LogP contribution in [0.15, 0.2) is 30.3 Å². The van der Waals surface area contributed by atoms with Crippen LogP contribution in [0.5, 0.6) is 0 Å². The van der Waals surface area contributed by atoms with E-state index in [0.29, 0.717) is 18.6 Å². The lowest BCUT2D eigenvalue weighted by molar-refractivity contribution is 0.199. The predicted octanol–water partition coefficient (Wildman–Crippen LogP) is 2.70. The van der Waals surface area contributed by atoms with Crippen molar-refractivity contribution in [3.05, 3.63) is 35.9 Å². The van der Waals surface area contributed by atoms with Crippen molar-refractivity contribution in [3.8, 4) is 0 Å². The van der Waals surface area contributed by atoms with E-state index >= 15 is 0 Å². The third-order valence-corrected chi connectivity index (χ3v) is 6.35. The van der Waals surface area contributed by atoms with Gasteiger partial charge in [-0.1, -0.05) is 30.3 Å². The van der Waals surface area contributed by atoms with E-state index in [4.69, 9.17) is 4.74 Å². The fourth-order valence-electron chi connectivity index (χ4n) is 3.27. The molecule has 4 atom stereocenters. The van der Waals surface area contributed by atoms with Gasteiger partial charge in [-0.25, -0.2) is 0 Å². The molecule has 0 saturated heterocycles. The average Bonchev–Trinajstić information content (AvgIpc) is 2.55. The molecule has 1 N–H and O–H groups in total. The number of methoxy groups -OCH3 is 1. The molecule has 21 heavy (non-hydrogen) atoms. The standard InChI is InChI=1S/C17H27NO2S/c1-18-16-10-9-15(14-7-4-3-5-8-14)13-17(16)21(19)12-6-11-20-2/h3-5,7-8,15-18H,6,9-13H2,1-2H3. The second kappa shape index (κ2) is 8.66. The van der Waals surface area contributed by atoms with Crippen molar-refractivity contribution in [1.29, 1.82) is 0 Å². The Kier molecular flexibility index (Phi) is 6.87. The lowest BCUT2D eigenvalue weighted by Gasteiger charge is -2.35. The fraction of sp³-hybridized carbons (Fsp3) is 0.647. The molecular formula is C17H27NO2S. The van der Waals surface area contributed by atoms with Gasteiger partial charge in [0.15, 0.2) is 0 Å². The summed E-state index contributed by atoms with van der Waals surface area (Å²) >= 11 is 0. The molecule has 0 aromatic heterocycles. The fourth-order valence-corrected chi connectivity index (χ4v) is 5.07. The van der Waals surface area contributed by atoms with Crippen molar-refractivity contribution in [1.82, 2.24) is 5.32 Å². The Morgan fingerprint density at radius 2 is 2.05 bits per heavy atom. The van der Waals surface area contributed by atoms with Crippen LogP contribution in [0.3, 0.4) is 0 Å². The van der Waals surface area contributed by atoms with E-state index < -0.39 is 10.8 Å². The van der Waals surface area contributed by atoms with Crippen molar-refractivity contribution >= 4 is 10.8 Å². The van der Waals surface area contributed by atoms with Crippen LogP contribution >= 0.6 is 0 Å². The van der Waals surface area contributed by atoms with E-state index in [1.54, 1.807) is 7.11 Å². The molecule has 2 rings (SSSR count). The van der Waals surface area contributed by atoms with Crippen molar-refractivity contribution < 1.29 is 8.95 Å². The summed E-state index contributed by atoms with van der Waals surface area (Å²) in [4.78, 5) is 0. The van der Waals surface area contributed by atoms with Crippen molar-refractivity contribution in [3.63, 3.8) is 0 Å². The number of hydrogen-bond donors (Lipinski definition) is 1. The zero-order valence-electron chi connectivity index (χ0n) is 13.1. The maximum absolute atomic E-state index is 12.6. The van der Waals surface area contributed by atoms with Crippen LogP contribution in [-0.4, -0.2) is 42.0 Å². The van der Waals surface area contributed by atoms with E-state index in [2.05, 4.69) is 35.6 Å². The number of hydrogen-bond acceptors (Lipinski definition) is 3. The third kappa shape index (κ3) is 4.63. The molecule has 4 heteroatoms. The quantitative estimate of drug-likeness (QED) is 0.787. The Labute approximate surface area is 130 Å². The second-order valence-electron chi connectivity index (χ2n) is 5.79. The van der Waals surface area contributed by atoms with E-state index in [-0.39, 0.29) is 5.25 Å². The first-order valence-corrected chi connectivity index (χ1v) is 9.22. The molecule has 3 nitrogen and oxygen atoms in total. The highest BCUT2D eigenvalue weighted by molar-refractivity contribution is 7.85. The Balaban J connectivity index is 2.00.